The summed E-state index contributed by atoms with van der Waals surface area (Å²) < 4.78 is 0. The molecular weight excluding hydrogens is 1170 g/mol. The van der Waals surface area contributed by atoms with Crippen molar-refractivity contribution in [1.82, 2.24) is 52.7 Å². The quantitative estimate of drug-likeness (QED) is 0.00787. The molecule has 10 amide bonds. The van der Waals surface area contributed by atoms with Gasteiger partial charge in [-0.05, 0) is 42.7 Å². The number of hydrogen-bond acceptors (Lipinski definition) is 16. The molecule has 87 heavy (non-hydrogen) atoms. The van der Waals surface area contributed by atoms with Gasteiger partial charge in [0.25, 0.3) is 0 Å². The van der Waals surface area contributed by atoms with Crippen LogP contribution in [0.15, 0.2) is 102 Å². The van der Waals surface area contributed by atoms with Crippen LogP contribution >= 0.6 is 0 Å². The van der Waals surface area contributed by atoms with Crippen LogP contribution in [0.25, 0.3) is 10.9 Å². The van der Waals surface area contributed by atoms with E-state index in [2.05, 4.69) is 52.8 Å². The molecule has 0 saturated carbocycles. The molecule has 1 fully saturated rings. The number of nitrogens with one attached hydrogen (secondary N) is 9. The number of aromatic amines is 1. The van der Waals surface area contributed by atoms with Crippen molar-refractivity contribution in [2.75, 3.05) is 24.7 Å². The molecule has 1 unspecified atom stereocenters. The van der Waals surface area contributed by atoms with Crippen LogP contribution in [-0.2, 0) is 71.4 Å². The average Bonchev–Trinajstić information content (AvgIpc) is 2.42. The maximum Gasteiger partial charge on any atom is 2.00 e. The number of primary amides is 3. The molecule has 0 spiro atoms. The zero-order valence-electron chi connectivity index (χ0n) is 49.0. The standard InChI is InChI=1S/C52H77N18O11.C5H5.Fe/c1-5-26(3)42(65-45(75)32(53)15-11-17-59-52(57)58)50(80)63-35(20-40(54)72)47(77)61-36(21-41(55)73)48(78)66-43(27(4)6-2)51(81)69-23-29(37-24-70(68-67-37)30-12-7-8-13-30)19-39(69)49(79)62-34(46(76)64-38(25-71)44(56)74)18-28-22-60-33-16-10-9-14-31(28)33;1-2-4-5-3-1;/h7-10,12-14,16,22,24,26-27,29,32,34-36,38-39,42-43,60,67-68,71H,5-6,11,15,17-21,23,25,53H2,1-4H3,(H2,54,72)(H2,55,73)(H2,56,74)(H,61,77)(H,62,79)(H,63,80)(H,64,76)(H,65,75)(H,66,78)(H4,57,58,59);1-5H;/q2*-1;+2/t26-,27-,29?,32-,34-,35-,36-,38-,39-,42-,43-;;/m0../s1. The molecule has 1 aromatic heterocycles. The number of hydrazine groups is 2. The Morgan fingerprint density at radius 1 is 0.724 bits per heavy atom. The van der Waals surface area contributed by atoms with E-state index in [9.17, 15) is 48.3 Å². The van der Waals surface area contributed by atoms with E-state index in [0.717, 1.165) is 16.6 Å². The van der Waals surface area contributed by atoms with Crippen molar-refractivity contribution in [2.45, 2.75) is 127 Å². The number of para-hydroxylation sites is 1. The van der Waals surface area contributed by atoms with Gasteiger partial charge in [0.1, 0.15) is 42.3 Å². The zero-order chi connectivity index (χ0) is 63.2. The van der Waals surface area contributed by atoms with Gasteiger partial charge in [-0.2, -0.15) is 48.0 Å². The molecule has 3 aromatic carbocycles. The molecule has 2 aliphatic heterocycles. The number of aliphatic hydroxyl groups excluding tert-OH is 1. The third-order valence-corrected chi connectivity index (χ3v) is 14.9. The number of carbonyl (C=O) groups excluding carboxylic acids is 10. The zero-order valence-corrected chi connectivity index (χ0v) is 50.1. The van der Waals surface area contributed by atoms with Crippen molar-refractivity contribution in [2.24, 2.45) is 57.1 Å². The van der Waals surface area contributed by atoms with E-state index in [-0.39, 0.29) is 61.8 Å². The summed E-state index contributed by atoms with van der Waals surface area (Å²) in [7, 11) is 0. The van der Waals surface area contributed by atoms with Gasteiger partial charge in [-0.1, -0.05) is 64.4 Å². The number of fused-ring (bicyclic) bond motifs is 1. The minimum Gasteiger partial charge on any atom is -0.394 e. The largest absolute Gasteiger partial charge is 2.00 e. The summed E-state index contributed by atoms with van der Waals surface area (Å²) in [6, 6.07) is 13.0. The summed E-state index contributed by atoms with van der Waals surface area (Å²) in [4.78, 5) is 145. The second kappa shape index (κ2) is 34.3. The van der Waals surface area contributed by atoms with Crippen molar-refractivity contribution in [3.63, 3.8) is 0 Å². The molecule has 22 N–H and O–H groups in total. The Morgan fingerprint density at radius 2 is 1.32 bits per heavy atom. The Hall–Kier alpha value is -8.83. The van der Waals surface area contributed by atoms with Gasteiger partial charge < -0.3 is 91.7 Å². The molecule has 1 saturated heterocycles. The fourth-order valence-electron chi connectivity index (χ4n) is 9.63. The number of aromatic nitrogens is 1. The maximum absolute atomic E-state index is 15.2. The number of guanidine groups is 1. The molecule has 29 nitrogen and oxygen atoms in total. The second-order valence-electron chi connectivity index (χ2n) is 21.3. The smallest absolute Gasteiger partial charge is 0.394 e. The number of anilines is 1. The molecule has 3 heterocycles. The summed E-state index contributed by atoms with van der Waals surface area (Å²) in [6.07, 6.45) is 2.76. The summed E-state index contributed by atoms with van der Waals surface area (Å²) in [5.41, 5.74) is 42.2. The number of carbonyl (C=O) groups is 10. The first kappa shape index (κ1) is 70.7. The van der Waals surface area contributed by atoms with E-state index in [4.69, 9.17) is 34.4 Å². The van der Waals surface area contributed by atoms with Crippen molar-refractivity contribution >= 4 is 81.6 Å². The molecular formula is C57H82FeN18O11. The molecule has 6 rings (SSSR count). The van der Waals surface area contributed by atoms with E-state index in [1.54, 1.807) is 51.2 Å². The van der Waals surface area contributed by atoms with Crippen LogP contribution in [0.2, 0.25) is 0 Å². The van der Waals surface area contributed by atoms with Crippen molar-refractivity contribution in [3.05, 3.63) is 103 Å². The SMILES string of the molecule is CC[C@H](C)[C@H](NC(=O)[C@@H](N)CCCN=C(N)N)C(=O)N[C@@H](CC(N)=O)C(=O)N[C@@H](CC(N)=O)C(=O)N[C@H](C(=O)N1CC(C2=CN(c3cc[cH-]c3)NN2)C[C@H]1C(=O)N[C@@H](Cc1c[nH]c2ccccc12)C(=O)N[C@@H](CO)C(N)=O)[C@@H](C)CC.[Fe+2].c1cc[cH-]c1. The summed E-state index contributed by atoms with van der Waals surface area (Å²) in [5, 5.41) is 27.5. The van der Waals surface area contributed by atoms with Gasteiger partial charge in [-0.3, -0.25) is 52.9 Å². The van der Waals surface area contributed by atoms with Crippen LogP contribution in [-0.4, -0.2) is 148 Å². The number of aliphatic imine (C=N–C) groups is 1. The molecule has 30 heteroatoms. The van der Waals surface area contributed by atoms with E-state index in [1.165, 1.54) is 4.90 Å². The molecule has 11 atom stereocenters. The minimum absolute atomic E-state index is 0. The van der Waals surface area contributed by atoms with Crippen LogP contribution in [0, 0.1) is 17.8 Å². The van der Waals surface area contributed by atoms with Crippen molar-refractivity contribution < 1.29 is 70.1 Å². The van der Waals surface area contributed by atoms with Gasteiger partial charge in [0, 0.05) is 54.4 Å². The Labute approximate surface area is 514 Å². The van der Waals surface area contributed by atoms with Crippen LogP contribution in [0.4, 0.5) is 5.69 Å². The van der Waals surface area contributed by atoms with E-state index >= 15 is 4.79 Å². The third-order valence-electron chi connectivity index (χ3n) is 14.9. The van der Waals surface area contributed by atoms with Gasteiger partial charge in [0.05, 0.1) is 25.5 Å². The van der Waals surface area contributed by atoms with Gasteiger partial charge in [0.15, 0.2) is 5.96 Å². The predicted octanol–water partition coefficient (Wildman–Crippen LogP) is -2.97. The monoisotopic (exact) mass is 1250 g/mol. The Morgan fingerprint density at radius 3 is 1.90 bits per heavy atom. The first-order valence-electron chi connectivity index (χ1n) is 28.3. The fourth-order valence-corrected chi connectivity index (χ4v) is 9.63. The number of nitrogens with two attached hydrogens (primary N) is 6. The number of aliphatic hydroxyl groups is 1. The Bertz CT molecular complexity index is 3010. The predicted molar refractivity (Wildman–Crippen MR) is 319 cm³/mol. The van der Waals surface area contributed by atoms with Gasteiger partial charge >= 0.3 is 17.1 Å². The Balaban J connectivity index is 0.00000256. The van der Waals surface area contributed by atoms with Crippen LogP contribution in [0.5, 0.6) is 0 Å². The Kier molecular flexibility index (Phi) is 27.9. The molecule has 0 radical (unpaired) electrons. The number of amides is 10. The van der Waals surface area contributed by atoms with Gasteiger partial charge in [-0.25, -0.2) is 12.1 Å². The number of benzene rings is 1. The normalized spacial score (nSPS) is 17.4. The molecule has 0 aliphatic carbocycles. The first-order chi connectivity index (χ1) is 41.0. The maximum atomic E-state index is 15.2. The summed E-state index contributed by atoms with van der Waals surface area (Å²) >= 11 is 0. The molecule has 4 aromatic rings. The minimum atomic E-state index is -1.82. The molecule has 0 bridgehead atoms. The summed E-state index contributed by atoms with van der Waals surface area (Å²) in [5.74, 6) is -11.3. The van der Waals surface area contributed by atoms with Crippen molar-refractivity contribution in [3.8, 4) is 0 Å². The number of nitrogens with zero attached hydrogens (tertiary/aromatic N) is 3. The number of likely N-dealkylation sites (tertiary alicyclic amines) is 1. The third kappa shape index (κ3) is 20.7. The number of rotatable bonds is 31. The van der Waals surface area contributed by atoms with E-state index in [1.807, 2.05) is 72.8 Å². The van der Waals surface area contributed by atoms with Crippen molar-refractivity contribution in [1.29, 1.82) is 0 Å². The average molecular weight is 1250 g/mol. The fraction of sp³-hybridized carbons (Fsp3) is 0.456. The van der Waals surface area contributed by atoms with Gasteiger partial charge in [-0.15, -0.1) is 0 Å². The van der Waals surface area contributed by atoms with E-state index < -0.39 is 145 Å². The second-order valence-corrected chi connectivity index (χ2v) is 21.3. The molecule has 2 aliphatic rings. The van der Waals surface area contributed by atoms with Crippen LogP contribution < -0.4 is 82.3 Å². The van der Waals surface area contributed by atoms with E-state index in [0.29, 0.717) is 24.1 Å². The number of hydrogen-bond donors (Lipinski definition) is 16. The summed E-state index contributed by atoms with van der Waals surface area (Å²) in [6.45, 7) is 6.04. The van der Waals surface area contributed by atoms with Crippen LogP contribution in [0.1, 0.15) is 78.2 Å². The van der Waals surface area contributed by atoms with Gasteiger partial charge in [0.2, 0.25) is 59.1 Å². The topological polar surface area (TPSA) is 478 Å². The van der Waals surface area contributed by atoms with Crippen LogP contribution in [0.3, 0.4) is 0 Å². The first-order valence-corrected chi connectivity index (χ1v) is 28.3. The number of H-pyrrole nitrogens is 1. The molecule has 474 valence electrons.